The van der Waals surface area contributed by atoms with E-state index in [0.717, 1.165) is 18.3 Å². The zero-order chi connectivity index (χ0) is 14.4. The summed E-state index contributed by atoms with van der Waals surface area (Å²) in [6.07, 6.45) is 1.73. The van der Waals surface area contributed by atoms with Crippen molar-refractivity contribution in [2.75, 3.05) is 6.61 Å². The number of ether oxygens (including phenoxy) is 2. The molecule has 2 rings (SSSR count). The van der Waals surface area contributed by atoms with E-state index in [0.29, 0.717) is 29.4 Å². The fourth-order valence-electron chi connectivity index (χ4n) is 1.84. The van der Waals surface area contributed by atoms with Gasteiger partial charge in [-0.05, 0) is 37.6 Å². The summed E-state index contributed by atoms with van der Waals surface area (Å²) in [5.74, 6) is 1.85. The molecule has 104 valence electrons. The summed E-state index contributed by atoms with van der Waals surface area (Å²) in [4.78, 5) is 11.1. The van der Waals surface area contributed by atoms with E-state index >= 15 is 0 Å². The second-order valence-electron chi connectivity index (χ2n) is 4.56. The maximum atomic E-state index is 11.1. The van der Waals surface area contributed by atoms with Crippen LogP contribution < -0.4 is 9.47 Å². The van der Waals surface area contributed by atoms with Crippen molar-refractivity contribution < 1.29 is 14.3 Å². The molecule has 0 radical (unpaired) electrons. The monoisotopic (exact) mass is 270 g/mol. The molecule has 0 aliphatic rings. The first kappa shape index (κ1) is 14.1. The SMILES string of the molecule is CCCOc1ccccc1Oc1ccc(C)cc1C=O. The largest absolute Gasteiger partial charge is 0.490 e. The number of para-hydroxylation sites is 2. The third kappa shape index (κ3) is 3.38. The Labute approximate surface area is 119 Å². The molecule has 0 saturated heterocycles. The van der Waals surface area contributed by atoms with Crippen molar-refractivity contribution in [1.82, 2.24) is 0 Å². The van der Waals surface area contributed by atoms with Gasteiger partial charge in [0.05, 0.1) is 12.2 Å². The van der Waals surface area contributed by atoms with E-state index < -0.39 is 0 Å². The van der Waals surface area contributed by atoms with Gasteiger partial charge in [-0.15, -0.1) is 0 Å². The minimum absolute atomic E-state index is 0.537. The molecule has 0 amide bonds. The first-order valence-electron chi connectivity index (χ1n) is 6.70. The average Bonchev–Trinajstić information content (AvgIpc) is 2.48. The van der Waals surface area contributed by atoms with Gasteiger partial charge in [-0.3, -0.25) is 4.79 Å². The number of carbonyl (C=O) groups is 1. The number of aryl methyl sites for hydroxylation is 1. The fraction of sp³-hybridized carbons (Fsp3) is 0.235. The van der Waals surface area contributed by atoms with Crippen LogP contribution in [0.4, 0.5) is 0 Å². The molecule has 0 bridgehead atoms. The number of hydrogen-bond acceptors (Lipinski definition) is 3. The lowest BCUT2D eigenvalue weighted by molar-refractivity contribution is 0.112. The number of hydrogen-bond donors (Lipinski definition) is 0. The average molecular weight is 270 g/mol. The first-order chi connectivity index (χ1) is 9.74. The molecule has 2 aromatic carbocycles. The molecule has 0 heterocycles. The second-order valence-corrected chi connectivity index (χ2v) is 4.56. The molecule has 0 aromatic heterocycles. The Morgan fingerprint density at radius 1 is 1.05 bits per heavy atom. The van der Waals surface area contributed by atoms with Gasteiger partial charge in [0.25, 0.3) is 0 Å². The number of benzene rings is 2. The molecule has 3 nitrogen and oxygen atoms in total. The van der Waals surface area contributed by atoms with Gasteiger partial charge < -0.3 is 9.47 Å². The van der Waals surface area contributed by atoms with Crippen LogP contribution in [0.3, 0.4) is 0 Å². The van der Waals surface area contributed by atoms with Crippen LogP contribution in [0.15, 0.2) is 42.5 Å². The van der Waals surface area contributed by atoms with Crippen molar-refractivity contribution >= 4 is 6.29 Å². The van der Waals surface area contributed by atoms with E-state index in [1.165, 1.54) is 0 Å². The Bertz CT molecular complexity index is 591. The van der Waals surface area contributed by atoms with Crippen LogP contribution in [0, 0.1) is 6.92 Å². The summed E-state index contributed by atoms with van der Waals surface area (Å²) in [5, 5.41) is 0. The van der Waals surface area contributed by atoms with Crippen LogP contribution in [-0.4, -0.2) is 12.9 Å². The van der Waals surface area contributed by atoms with Gasteiger partial charge in [-0.25, -0.2) is 0 Å². The Balaban J connectivity index is 2.28. The Morgan fingerprint density at radius 2 is 1.80 bits per heavy atom. The van der Waals surface area contributed by atoms with Gasteiger partial charge in [0.15, 0.2) is 17.8 Å². The van der Waals surface area contributed by atoms with Crippen molar-refractivity contribution in [2.24, 2.45) is 0 Å². The van der Waals surface area contributed by atoms with Crippen molar-refractivity contribution in [3.63, 3.8) is 0 Å². The minimum atomic E-state index is 0.537. The molecule has 0 atom stereocenters. The van der Waals surface area contributed by atoms with Crippen LogP contribution in [0.2, 0.25) is 0 Å². The zero-order valence-electron chi connectivity index (χ0n) is 11.8. The topological polar surface area (TPSA) is 35.5 Å². The highest BCUT2D eigenvalue weighted by Gasteiger charge is 2.09. The van der Waals surface area contributed by atoms with E-state index in [4.69, 9.17) is 9.47 Å². The maximum absolute atomic E-state index is 11.1. The van der Waals surface area contributed by atoms with Gasteiger partial charge in [-0.1, -0.05) is 30.7 Å². The van der Waals surface area contributed by atoms with Crippen LogP contribution in [-0.2, 0) is 0 Å². The molecule has 3 heteroatoms. The summed E-state index contributed by atoms with van der Waals surface area (Å²) in [6, 6.07) is 13.0. The lowest BCUT2D eigenvalue weighted by Crippen LogP contribution is -1.98. The number of aldehydes is 1. The van der Waals surface area contributed by atoms with E-state index in [1.807, 2.05) is 44.2 Å². The van der Waals surface area contributed by atoms with E-state index in [-0.39, 0.29) is 0 Å². The van der Waals surface area contributed by atoms with Crippen molar-refractivity contribution in [1.29, 1.82) is 0 Å². The quantitative estimate of drug-likeness (QED) is 0.730. The van der Waals surface area contributed by atoms with Gasteiger partial charge >= 0.3 is 0 Å². The standard InChI is InChI=1S/C17H18O3/c1-3-10-19-16-6-4-5-7-17(16)20-15-9-8-13(2)11-14(15)12-18/h4-9,11-12H,3,10H2,1-2H3. The molecule has 2 aromatic rings. The molecule has 20 heavy (non-hydrogen) atoms. The molecule has 0 aliphatic heterocycles. The summed E-state index contributed by atoms with van der Waals surface area (Å²) < 4.78 is 11.5. The van der Waals surface area contributed by atoms with Crippen LogP contribution >= 0.6 is 0 Å². The first-order valence-corrected chi connectivity index (χ1v) is 6.70. The smallest absolute Gasteiger partial charge is 0.169 e. The molecule has 0 saturated carbocycles. The lowest BCUT2D eigenvalue weighted by atomic mass is 10.1. The number of rotatable bonds is 6. The summed E-state index contributed by atoms with van der Waals surface area (Å²) in [6.45, 7) is 4.62. The van der Waals surface area contributed by atoms with Crippen molar-refractivity contribution in [3.05, 3.63) is 53.6 Å². The molecular formula is C17H18O3. The summed E-state index contributed by atoms with van der Waals surface area (Å²) in [5.41, 5.74) is 1.56. The molecule has 0 spiro atoms. The zero-order valence-corrected chi connectivity index (χ0v) is 11.8. The van der Waals surface area contributed by atoms with E-state index in [9.17, 15) is 4.79 Å². The predicted octanol–water partition coefficient (Wildman–Crippen LogP) is 4.39. The lowest BCUT2D eigenvalue weighted by Gasteiger charge is -2.13. The maximum Gasteiger partial charge on any atom is 0.169 e. The van der Waals surface area contributed by atoms with Gasteiger partial charge in [0, 0.05) is 0 Å². The Kier molecular flexibility index (Phi) is 4.77. The Morgan fingerprint density at radius 3 is 2.50 bits per heavy atom. The molecule has 0 fully saturated rings. The summed E-state index contributed by atoms with van der Waals surface area (Å²) in [7, 11) is 0. The Hall–Kier alpha value is -2.29. The predicted molar refractivity (Wildman–Crippen MR) is 78.9 cm³/mol. The van der Waals surface area contributed by atoms with E-state index in [1.54, 1.807) is 12.1 Å². The van der Waals surface area contributed by atoms with Crippen LogP contribution in [0.1, 0.15) is 29.3 Å². The third-order valence-corrected chi connectivity index (χ3v) is 2.82. The van der Waals surface area contributed by atoms with Gasteiger partial charge in [0.1, 0.15) is 5.75 Å². The van der Waals surface area contributed by atoms with E-state index in [2.05, 4.69) is 0 Å². The normalized spacial score (nSPS) is 10.1. The van der Waals surface area contributed by atoms with Crippen LogP contribution in [0.25, 0.3) is 0 Å². The minimum Gasteiger partial charge on any atom is -0.490 e. The van der Waals surface area contributed by atoms with Crippen LogP contribution in [0.5, 0.6) is 17.2 Å². The van der Waals surface area contributed by atoms with Crippen molar-refractivity contribution in [3.8, 4) is 17.2 Å². The third-order valence-electron chi connectivity index (χ3n) is 2.82. The highest BCUT2D eigenvalue weighted by Crippen LogP contribution is 2.32. The van der Waals surface area contributed by atoms with Crippen molar-refractivity contribution in [2.45, 2.75) is 20.3 Å². The fourth-order valence-corrected chi connectivity index (χ4v) is 1.84. The van der Waals surface area contributed by atoms with Gasteiger partial charge in [-0.2, -0.15) is 0 Å². The highest BCUT2D eigenvalue weighted by molar-refractivity contribution is 5.80. The highest BCUT2D eigenvalue weighted by atomic mass is 16.5. The molecule has 0 unspecified atom stereocenters. The summed E-state index contributed by atoms with van der Waals surface area (Å²) >= 11 is 0. The molecule has 0 N–H and O–H groups in total. The molecular weight excluding hydrogens is 252 g/mol. The van der Waals surface area contributed by atoms with Gasteiger partial charge in [0.2, 0.25) is 0 Å². The number of carbonyl (C=O) groups excluding carboxylic acids is 1. The molecule has 0 aliphatic carbocycles. The second kappa shape index (κ2) is 6.75.